The number of hydrogen-bond acceptors (Lipinski definition) is 9. The van der Waals surface area contributed by atoms with Crippen molar-refractivity contribution in [3.8, 4) is 0 Å². The number of carboxylic acids is 1. The van der Waals surface area contributed by atoms with E-state index in [0.29, 0.717) is 17.9 Å². The summed E-state index contributed by atoms with van der Waals surface area (Å²) in [6, 6.07) is 4.56. The van der Waals surface area contributed by atoms with Crippen LogP contribution in [-0.4, -0.2) is 60.9 Å². The van der Waals surface area contributed by atoms with Crippen molar-refractivity contribution < 1.29 is 29.3 Å². The fraction of sp³-hybridized carbons (Fsp3) is 0.222. The SMILES string of the molecule is Nc1nc(C(=NO)C(=O)NC2C(=O)N3C(C(=O)O)=C(C[n+]4ccccc4)CS[C@@H]23)cs1. The normalized spacial score (nSPS) is 20.8. The predicted octanol–water partition coefficient (Wildman–Crippen LogP) is -0.370. The Morgan fingerprint density at radius 2 is 2.10 bits per heavy atom. The van der Waals surface area contributed by atoms with Crippen LogP contribution in [0, 0.1) is 0 Å². The van der Waals surface area contributed by atoms with Crippen LogP contribution in [0.25, 0.3) is 0 Å². The Morgan fingerprint density at radius 1 is 1.35 bits per heavy atom. The van der Waals surface area contributed by atoms with Crippen LogP contribution in [0.5, 0.6) is 0 Å². The average Bonchev–Trinajstić information content (AvgIpc) is 3.18. The van der Waals surface area contributed by atoms with Crippen LogP contribution in [-0.2, 0) is 20.9 Å². The molecule has 13 heteroatoms. The van der Waals surface area contributed by atoms with Crippen LogP contribution in [0.4, 0.5) is 5.13 Å². The number of carboxylic acid groups (broad SMARTS) is 1. The number of carbonyl (C=O) groups excluding carboxylic acids is 2. The number of aliphatic carboxylic acids is 1. The van der Waals surface area contributed by atoms with Gasteiger partial charge < -0.3 is 21.4 Å². The third-order valence-corrected chi connectivity index (χ3v) is 6.78. The Morgan fingerprint density at radius 3 is 2.71 bits per heavy atom. The van der Waals surface area contributed by atoms with E-state index in [1.165, 1.54) is 22.0 Å². The number of rotatable bonds is 6. The number of carbonyl (C=O) groups is 3. The first kappa shape index (κ1) is 20.8. The van der Waals surface area contributed by atoms with Crippen molar-refractivity contribution in [3.05, 3.63) is 52.9 Å². The molecule has 11 nitrogen and oxygen atoms in total. The summed E-state index contributed by atoms with van der Waals surface area (Å²) in [7, 11) is 0. The number of thiazole rings is 1. The Balaban J connectivity index is 1.52. The fourth-order valence-electron chi connectivity index (χ4n) is 3.38. The molecule has 4 rings (SSSR count). The summed E-state index contributed by atoms with van der Waals surface area (Å²) in [5, 5.41) is 25.5. The summed E-state index contributed by atoms with van der Waals surface area (Å²) in [4.78, 5) is 42.3. The molecular formula is C18H17N6O5S2+. The zero-order chi connectivity index (χ0) is 22.1. The number of amides is 2. The van der Waals surface area contributed by atoms with Gasteiger partial charge in [0.25, 0.3) is 11.8 Å². The van der Waals surface area contributed by atoms with E-state index in [0.717, 1.165) is 11.3 Å². The van der Waals surface area contributed by atoms with E-state index in [2.05, 4.69) is 15.5 Å². The Kier molecular flexibility index (Phi) is 5.61. The van der Waals surface area contributed by atoms with Gasteiger partial charge in [-0.2, -0.15) is 0 Å². The minimum absolute atomic E-state index is 0.0704. The molecular weight excluding hydrogens is 444 g/mol. The van der Waals surface area contributed by atoms with Gasteiger partial charge in [0.1, 0.15) is 22.8 Å². The highest BCUT2D eigenvalue weighted by Gasteiger charge is 2.54. The summed E-state index contributed by atoms with van der Waals surface area (Å²) >= 11 is 2.42. The van der Waals surface area contributed by atoms with Gasteiger partial charge in [0.15, 0.2) is 29.8 Å². The van der Waals surface area contributed by atoms with E-state index in [-0.39, 0.29) is 22.2 Å². The molecule has 2 amide bonds. The minimum atomic E-state index is -1.20. The number of nitrogen functional groups attached to an aromatic ring is 1. The van der Waals surface area contributed by atoms with E-state index < -0.39 is 29.2 Å². The maximum Gasteiger partial charge on any atom is 0.352 e. The number of nitrogens with one attached hydrogen (secondary N) is 1. The molecule has 1 fully saturated rings. The second kappa shape index (κ2) is 8.35. The van der Waals surface area contributed by atoms with Gasteiger partial charge in [0, 0.05) is 28.8 Å². The minimum Gasteiger partial charge on any atom is -0.477 e. The van der Waals surface area contributed by atoms with Gasteiger partial charge in [-0.3, -0.25) is 14.5 Å². The summed E-state index contributed by atoms with van der Waals surface area (Å²) in [6.07, 6.45) is 3.62. The van der Waals surface area contributed by atoms with Crippen molar-refractivity contribution in [3.63, 3.8) is 0 Å². The second-order valence-corrected chi connectivity index (χ2v) is 8.68. The number of oxime groups is 1. The Bertz CT molecular complexity index is 1120. The van der Waals surface area contributed by atoms with Crippen LogP contribution >= 0.6 is 23.1 Å². The third kappa shape index (κ3) is 3.84. The number of fused-ring (bicyclic) bond motifs is 1. The number of pyridine rings is 1. The summed E-state index contributed by atoms with van der Waals surface area (Å²) in [5.74, 6) is -2.18. The lowest BCUT2D eigenvalue weighted by Gasteiger charge is -2.49. The van der Waals surface area contributed by atoms with Gasteiger partial charge in [-0.15, -0.1) is 23.1 Å². The molecule has 0 aromatic carbocycles. The number of aromatic nitrogens is 2. The van der Waals surface area contributed by atoms with Gasteiger partial charge in [-0.25, -0.2) is 14.3 Å². The summed E-state index contributed by atoms with van der Waals surface area (Å²) in [5.41, 5.74) is 5.77. The van der Waals surface area contributed by atoms with Crippen LogP contribution in [0.1, 0.15) is 5.69 Å². The van der Waals surface area contributed by atoms with E-state index in [9.17, 15) is 24.7 Å². The molecule has 2 atom stereocenters. The van der Waals surface area contributed by atoms with Gasteiger partial charge in [-0.1, -0.05) is 11.2 Å². The standard InChI is InChI=1S/C18H16N6O5S2/c19-18-20-10(8-31-18)11(22-29)14(25)21-12-15(26)24-13(17(27)28)9(7-30-16(12)24)6-23-4-2-1-3-5-23/h1-5,8,12,16H,6-7H2,(H4-,19,20,21,25,27,28,29)/p+1/t12?,16-/m0/s1. The smallest absolute Gasteiger partial charge is 0.352 e. The highest BCUT2D eigenvalue weighted by Crippen LogP contribution is 2.40. The van der Waals surface area contributed by atoms with Crippen LogP contribution < -0.4 is 15.6 Å². The number of hydrogen-bond donors (Lipinski definition) is 4. The van der Waals surface area contributed by atoms with Crippen molar-refractivity contribution in [2.24, 2.45) is 5.16 Å². The molecule has 2 aliphatic heterocycles. The number of nitrogens with zero attached hydrogens (tertiary/aromatic N) is 4. The first-order valence-electron chi connectivity index (χ1n) is 8.99. The molecule has 2 aromatic heterocycles. The topological polar surface area (TPSA) is 162 Å². The molecule has 1 unspecified atom stereocenters. The molecule has 4 heterocycles. The molecule has 0 radical (unpaired) electrons. The molecule has 31 heavy (non-hydrogen) atoms. The lowest BCUT2D eigenvalue weighted by Crippen LogP contribution is -2.71. The monoisotopic (exact) mass is 461 g/mol. The number of β-lactam (4-membered cyclic amide) rings is 1. The number of thioether (sulfide) groups is 1. The number of nitrogens with two attached hydrogens (primary N) is 1. The predicted molar refractivity (Wildman–Crippen MR) is 111 cm³/mol. The van der Waals surface area contributed by atoms with Crippen LogP contribution in [0.3, 0.4) is 0 Å². The van der Waals surface area contributed by atoms with Gasteiger partial charge in [0.2, 0.25) is 0 Å². The van der Waals surface area contributed by atoms with Crippen molar-refractivity contribution in [1.82, 2.24) is 15.2 Å². The summed E-state index contributed by atoms with van der Waals surface area (Å²) < 4.78 is 1.83. The van der Waals surface area contributed by atoms with Crippen molar-refractivity contribution in [1.29, 1.82) is 0 Å². The molecule has 160 valence electrons. The van der Waals surface area contributed by atoms with Crippen molar-refractivity contribution >= 4 is 51.7 Å². The van der Waals surface area contributed by atoms with Crippen LogP contribution in [0.2, 0.25) is 0 Å². The molecule has 2 aromatic rings. The molecule has 0 spiro atoms. The molecule has 2 aliphatic rings. The van der Waals surface area contributed by atoms with E-state index >= 15 is 0 Å². The van der Waals surface area contributed by atoms with Gasteiger partial charge in [0.05, 0.1) is 0 Å². The van der Waals surface area contributed by atoms with E-state index in [4.69, 9.17) is 5.73 Å². The zero-order valence-corrected chi connectivity index (χ0v) is 17.5. The highest BCUT2D eigenvalue weighted by atomic mass is 32.2. The average molecular weight is 462 g/mol. The molecule has 0 aliphatic carbocycles. The molecule has 5 N–H and O–H groups in total. The maximum absolute atomic E-state index is 12.8. The molecule has 0 saturated carbocycles. The first-order chi connectivity index (χ1) is 14.9. The largest absolute Gasteiger partial charge is 0.477 e. The lowest BCUT2D eigenvalue weighted by molar-refractivity contribution is -0.689. The van der Waals surface area contributed by atoms with Crippen molar-refractivity contribution in [2.75, 3.05) is 11.5 Å². The Hall–Kier alpha value is -3.45. The maximum atomic E-state index is 12.8. The molecule has 0 bridgehead atoms. The van der Waals surface area contributed by atoms with Gasteiger partial charge >= 0.3 is 5.97 Å². The quantitative estimate of drug-likeness (QED) is 0.149. The fourth-order valence-corrected chi connectivity index (χ4v) is 5.27. The molecule has 1 saturated heterocycles. The lowest BCUT2D eigenvalue weighted by atomic mass is 10.0. The summed E-state index contributed by atoms with van der Waals surface area (Å²) in [6.45, 7) is 0.329. The zero-order valence-electron chi connectivity index (χ0n) is 15.8. The van der Waals surface area contributed by atoms with Crippen molar-refractivity contribution in [2.45, 2.75) is 18.0 Å². The second-order valence-electron chi connectivity index (χ2n) is 6.69. The van der Waals surface area contributed by atoms with Crippen LogP contribution in [0.15, 0.2) is 52.4 Å². The number of anilines is 1. The van der Waals surface area contributed by atoms with E-state index in [1.807, 2.05) is 35.2 Å². The van der Waals surface area contributed by atoms with Gasteiger partial charge in [-0.05, 0) is 0 Å². The highest BCUT2D eigenvalue weighted by molar-refractivity contribution is 8.00. The van der Waals surface area contributed by atoms with E-state index in [1.54, 1.807) is 0 Å². The Labute approximate surface area is 183 Å². The third-order valence-electron chi connectivity index (χ3n) is 4.77. The first-order valence-corrected chi connectivity index (χ1v) is 10.9.